The van der Waals surface area contributed by atoms with Crippen molar-refractivity contribution in [2.24, 2.45) is 5.10 Å². The van der Waals surface area contributed by atoms with Gasteiger partial charge in [-0.3, -0.25) is 4.79 Å². The number of aromatic nitrogens is 2. The van der Waals surface area contributed by atoms with Crippen LogP contribution in [0.1, 0.15) is 16.2 Å². The third-order valence-corrected chi connectivity index (χ3v) is 3.21. The van der Waals surface area contributed by atoms with Gasteiger partial charge in [-0.05, 0) is 24.3 Å². The highest BCUT2D eigenvalue weighted by atomic mass is 35.5. The van der Waals surface area contributed by atoms with Crippen LogP contribution in [0.5, 0.6) is 0 Å². The molecule has 2 N–H and O–H groups in total. The van der Waals surface area contributed by atoms with Crippen LogP contribution in [-0.2, 0) is 0 Å². The molecule has 0 spiro atoms. The van der Waals surface area contributed by atoms with E-state index in [0.29, 0.717) is 16.4 Å². The van der Waals surface area contributed by atoms with E-state index in [1.54, 1.807) is 24.3 Å². The number of halogens is 1. The van der Waals surface area contributed by atoms with Crippen molar-refractivity contribution in [3.8, 4) is 0 Å². The van der Waals surface area contributed by atoms with Crippen LogP contribution in [0.15, 0.2) is 53.6 Å². The van der Waals surface area contributed by atoms with E-state index in [2.05, 4.69) is 20.5 Å². The Morgan fingerprint density at radius 3 is 2.76 bits per heavy atom. The second kappa shape index (κ2) is 5.76. The molecule has 0 aliphatic heterocycles. The molecule has 104 valence electrons. The molecule has 2 aromatic carbocycles. The topological polar surface area (TPSA) is 70.1 Å². The van der Waals surface area contributed by atoms with E-state index in [9.17, 15) is 4.79 Å². The van der Waals surface area contributed by atoms with Gasteiger partial charge in [0.05, 0.1) is 27.8 Å². The average Bonchev–Trinajstić information content (AvgIpc) is 2.90. The fourth-order valence-electron chi connectivity index (χ4n) is 1.89. The van der Waals surface area contributed by atoms with E-state index in [1.165, 1.54) is 6.21 Å². The summed E-state index contributed by atoms with van der Waals surface area (Å²) in [5.74, 6) is 0.198. The number of carbonyl (C=O) groups excluding carboxylic acids is 1. The Morgan fingerprint density at radius 2 is 1.95 bits per heavy atom. The van der Waals surface area contributed by atoms with Crippen molar-refractivity contribution in [1.82, 2.24) is 15.4 Å². The number of hydrogen-bond donors (Lipinski definition) is 2. The summed E-state index contributed by atoms with van der Waals surface area (Å²) >= 11 is 5.94. The first-order valence-corrected chi connectivity index (χ1v) is 6.64. The number of benzene rings is 2. The third-order valence-electron chi connectivity index (χ3n) is 2.88. The summed E-state index contributed by atoms with van der Waals surface area (Å²) in [5.41, 5.74) is 4.55. The van der Waals surface area contributed by atoms with Crippen molar-refractivity contribution in [2.45, 2.75) is 0 Å². The van der Waals surface area contributed by atoms with E-state index in [4.69, 9.17) is 11.6 Å². The summed E-state index contributed by atoms with van der Waals surface area (Å²) in [6.45, 7) is 0. The van der Waals surface area contributed by atoms with Gasteiger partial charge < -0.3 is 4.98 Å². The smallest absolute Gasteiger partial charge is 0.272 e. The van der Waals surface area contributed by atoms with E-state index in [0.717, 1.165) is 11.0 Å². The Kier molecular flexibility index (Phi) is 3.66. The van der Waals surface area contributed by atoms with Gasteiger partial charge in [0.25, 0.3) is 5.91 Å². The van der Waals surface area contributed by atoms with Crippen molar-refractivity contribution in [2.75, 3.05) is 0 Å². The maximum atomic E-state index is 11.9. The molecule has 5 nitrogen and oxygen atoms in total. The number of hydrogen-bond acceptors (Lipinski definition) is 3. The van der Waals surface area contributed by atoms with Crippen molar-refractivity contribution >= 4 is 34.8 Å². The van der Waals surface area contributed by atoms with Gasteiger partial charge in [-0.25, -0.2) is 10.4 Å². The van der Waals surface area contributed by atoms with Gasteiger partial charge in [-0.2, -0.15) is 5.10 Å². The number of nitrogens with zero attached hydrogens (tertiary/aromatic N) is 2. The minimum absolute atomic E-state index is 0.368. The molecule has 1 amide bonds. The lowest BCUT2D eigenvalue weighted by atomic mass is 10.2. The fourth-order valence-corrected chi connectivity index (χ4v) is 2.11. The Balaban J connectivity index is 1.72. The molecule has 0 saturated carbocycles. The minimum Gasteiger partial charge on any atom is -0.337 e. The molecule has 0 fully saturated rings. The SMILES string of the molecule is O=C(N/N=C\c1nc2ccccc2[nH]1)c1ccccc1Cl. The largest absolute Gasteiger partial charge is 0.337 e. The zero-order chi connectivity index (χ0) is 14.7. The van der Waals surface area contributed by atoms with Gasteiger partial charge in [-0.1, -0.05) is 35.9 Å². The van der Waals surface area contributed by atoms with Crippen LogP contribution in [0.2, 0.25) is 5.02 Å². The molecule has 1 aromatic heterocycles. The molecular formula is C15H11ClN4O. The summed E-state index contributed by atoms with van der Waals surface area (Å²) < 4.78 is 0. The molecule has 0 aliphatic rings. The number of imidazole rings is 1. The summed E-state index contributed by atoms with van der Waals surface area (Å²) in [6, 6.07) is 14.4. The van der Waals surface area contributed by atoms with Gasteiger partial charge in [-0.15, -0.1) is 0 Å². The van der Waals surface area contributed by atoms with E-state index in [1.807, 2.05) is 24.3 Å². The first-order valence-electron chi connectivity index (χ1n) is 6.27. The number of fused-ring (bicyclic) bond motifs is 1. The average molecular weight is 299 g/mol. The summed E-state index contributed by atoms with van der Waals surface area (Å²) in [7, 11) is 0. The van der Waals surface area contributed by atoms with E-state index in [-0.39, 0.29) is 5.91 Å². The lowest BCUT2D eigenvalue weighted by Gasteiger charge is -2.00. The molecular weight excluding hydrogens is 288 g/mol. The van der Waals surface area contributed by atoms with E-state index >= 15 is 0 Å². The predicted octanol–water partition coefficient (Wildman–Crippen LogP) is 2.98. The summed E-state index contributed by atoms with van der Waals surface area (Å²) in [6.07, 6.45) is 1.45. The van der Waals surface area contributed by atoms with Crippen LogP contribution in [-0.4, -0.2) is 22.1 Å². The second-order valence-electron chi connectivity index (χ2n) is 4.32. The number of nitrogens with one attached hydrogen (secondary N) is 2. The highest BCUT2D eigenvalue weighted by Crippen LogP contribution is 2.14. The number of hydrazone groups is 1. The molecule has 3 rings (SSSR count). The number of rotatable bonds is 3. The normalized spacial score (nSPS) is 11.1. The Morgan fingerprint density at radius 1 is 1.19 bits per heavy atom. The quantitative estimate of drug-likeness (QED) is 0.576. The number of amides is 1. The maximum Gasteiger partial charge on any atom is 0.272 e. The zero-order valence-corrected chi connectivity index (χ0v) is 11.6. The molecule has 0 radical (unpaired) electrons. The van der Waals surface area contributed by atoms with Crippen LogP contribution in [0.4, 0.5) is 0 Å². The first-order chi connectivity index (χ1) is 10.2. The molecule has 0 saturated heterocycles. The van der Waals surface area contributed by atoms with Crippen LogP contribution < -0.4 is 5.43 Å². The lowest BCUT2D eigenvalue weighted by Crippen LogP contribution is -2.18. The van der Waals surface area contributed by atoms with Gasteiger partial charge in [0.15, 0.2) is 5.82 Å². The van der Waals surface area contributed by atoms with Crippen LogP contribution in [0, 0.1) is 0 Å². The summed E-state index contributed by atoms with van der Waals surface area (Å²) in [5, 5.41) is 4.26. The highest BCUT2D eigenvalue weighted by Gasteiger charge is 2.07. The standard InChI is InChI=1S/C15H11ClN4O/c16-11-6-2-1-5-10(11)15(21)20-17-9-14-18-12-7-3-4-8-13(12)19-14/h1-9H,(H,18,19)(H,20,21)/b17-9-. The van der Waals surface area contributed by atoms with Gasteiger partial charge >= 0.3 is 0 Å². The molecule has 21 heavy (non-hydrogen) atoms. The minimum atomic E-state index is -0.368. The fraction of sp³-hybridized carbons (Fsp3) is 0. The Labute approximate surface area is 125 Å². The molecule has 6 heteroatoms. The Hall–Kier alpha value is -2.66. The first kappa shape index (κ1) is 13.3. The van der Waals surface area contributed by atoms with Gasteiger partial charge in [0, 0.05) is 0 Å². The monoisotopic (exact) mass is 298 g/mol. The predicted molar refractivity (Wildman–Crippen MR) is 82.6 cm³/mol. The molecule has 0 aliphatic carbocycles. The van der Waals surface area contributed by atoms with Gasteiger partial charge in [0.1, 0.15) is 0 Å². The second-order valence-corrected chi connectivity index (χ2v) is 4.73. The van der Waals surface area contributed by atoms with E-state index < -0.39 is 0 Å². The number of para-hydroxylation sites is 2. The molecule has 0 unspecified atom stereocenters. The van der Waals surface area contributed by atoms with Crippen LogP contribution >= 0.6 is 11.6 Å². The van der Waals surface area contributed by atoms with Crippen molar-refractivity contribution in [1.29, 1.82) is 0 Å². The molecule has 0 bridgehead atoms. The van der Waals surface area contributed by atoms with Crippen LogP contribution in [0.25, 0.3) is 11.0 Å². The van der Waals surface area contributed by atoms with Crippen molar-refractivity contribution in [3.05, 3.63) is 64.9 Å². The Bertz CT molecular complexity index is 792. The van der Waals surface area contributed by atoms with Gasteiger partial charge in [0.2, 0.25) is 0 Å². The number of aromatic amines is 1. The summed E-state index contributed by atoms with van der Waals surface area (Å²) in [4.78, 5) is 19.3. The lowest BCUT2D eigenvalue weighted by molar-refractivity contribution is 0.0955. The van der Waals surface area contributed by atoms with Crippen molar-refractivity contribution < 1.29 is 4.79 Å². The molecule has 0 atom stereocenters. The third kappa shape index (κ3) is 2.93. The molecule has 1 heterocycles. The van der Waals surface area contributed by atoms with Crippen molar-refractivity contribution in [3.63, 3.8) is 0 Å². The maximum absolute atomic E-state index is 11.9. The number of H-pyrrole nitrogens is 1. The highest BCUT2D eigenvalue weighted by molar-refractivity contribution is 6.33. The molecule has 3 aromatic rings. The van der Waals surface area contributed by atoms with Crippen LogP contribution in [0.3, 0.4) is 0 Å². The zero-order valence-electron chi connectivity index (χ0n) is 10.9. The number of carbonyl (C=O) groups is 1.